The fourth-order valence-corrected chi connectivity index (χ4v) is 4.23. The summed E-state index contributed by atoms with van der Waals surface area (Å²) in [5, 5.41) is 10.6. The summed E-state index contributed by atoms with van der Waals surface area (Å²) in [6, 6.07) is 16.4. The van der Waals surface area contributed by atoms with Crippen molar-refractivity contribution in [1.29, 1.82) is 0 Å². The van der Waals surface area contributed by atoms with Gasteiger partial charge in [-0.1, -0.05) is 53.2 Å². The second kappa shape index (κ2) is 8.46. The molecule has 6 heteroatoms. The van der Waals surface area contributed by atoms with Gasteiger partial charge in [-0.25, -0.2) is 0 Å². The maximum atomic E-state index is 6.04. The minimum Gasteiger partial charge on any atom is -0.376 e. The second-order valence-corrected chi connectivity index (χ2v) is 8.21. The number of hydrogen-bond acceptors (Lipinski definition) is 4. The van der Waals surface area contributed by atoms with Crippen LogP contribution in [0.3, 0.4) is 0 Å². The molecule has 1 aliphatic rings. The summed E-state index contributed by atoms with van der Waals surface area (Å²) >= 11 is 7.76. The van der Waals surface area contributed by atoms with Gasteiger partial charge in [0, 0.05) is 22.9 Å². The van der Waals surface area contributed by atoms with Crippen LogP contribution in [-0.4, -0.2) is 27.5 Å². The summed E-state index contributed by atoms with van der Waals surface area (Å²) in [5.41, 5.74) is 3.58. The van der Waals surface area contributed by atoms with Crippen LogP contribution in [0.2, 0.25) is 5.02 Å². The maximum absolute atomic E-state index is 6.04. The molecule has 2 aromatic carbocycles. The van der Waals surface area contributed by atoms with E-state index in [4.69, 9.17) is 16.3 Å². The summed E-state index contributed by atoms with van der Waals surface area (Å²) in [5.74, 6) is 1.73. The topological polar surface area (TPSA) is 39.9 Å². The van der Waals surface area contributed by atoms with Crippen molar-refractivity contribution in [2.24, 2.45) is 0 Å². The first kappa shape index (κ1) is 18.5. The molecule has 3 aromatic rings. The molecule has 1 fully saturated rings. The van der Waals surface area contributed by atoms with Crippen molar-refractivity contribution in [2.75, 3.05) is 6.61 Å². The van der Waals surface area contributed by atoms with E-state index in [1.165, 1.54) is 11.1 Å². The van der Waals surface area contributed by atoms with Crippen molar-refractivity contribution < 1.29 is 4.74 Å². The Morgan fingerprint density at radius 1 is 1.11 bits per heavy atom. The number of benzene rings is 2. The maximum Gasteiger partial charge on any atom is 0.191 e. The Morgan fingerprint density at radius 2 is 1.89 bits per heavy atom. The zero-order valence-electron chi connectivity index (χ0n) is 15.3. The first-order valence-electron chi connectivity index (χ1n) is 9.18. The molecule has 1 aliphatic heterocycles. The largest absolute Gasteiger partial charge is 0.376 e. The van der Waals surface area contributed by atoms with Crippen LogP contribution in [0.4, 0.5) is 0 Å². The Morgan fingerprint density at radius 3 is 2.59 bits per heavy atom. The number of nitrogens with zero attached hydrogens (tertiary/aromatic N) is 3. The standard InChI is InChI=1S/C21H22ClN3OS/c1-15-4-6-16(7-5-15)14-27-21-24-23-20(17-8-10-18(22)11-9-17)25(21)13-19-3-2-12-26-19/h4-11,19H,2-3,12-14H2,1H3/t19-/m0/s1. The highest BCUT2D eigenvalue weighted by Crippen LogP contribution is 2.29. The third-order valence-corrected chi connectivity index (χ3v) is 6.01. The lowest BCUT2D eigenvalue weighted by atomic mass is 10.2. The van der Waals surface area contributed by atoms with E-state index >= 15 is 0 Å². The Hall–Kier alpha value is -1.82. The molecule has 4 rings (SSSR count). The third-order valence-electron chi connectivity index (χ3n) is 4.72. The van der Waals surface area contributed by atoms with E-state index in [1.807, 2.05) is 24.3 Å². The predicted octanol–water partition coefficient (Wildman–Crippen LogP) is 5.38. The van der Waals surface area contributed by atoms with Gasteiger partial charge in [-0.15, -0.1) is 10.2 Å². The highest BCUT2D eigenvalue weighted by molar-refractivity contribution is 7.98. The van der Waals surface area contributed by atoms with E-state index in [-0.39, 0.29) is 6.10 Å². The molecule has 1 atom stereocenters. The molecule has 0 N–H and O–H groups in total. The number of thioether (sulfide) groups is 1. The first-order valence-corrected chi connectivity index (χ1v) is 10.5. The molecule has 4 nitrogen and oxygen atoms in total. The van der Waals surface area contributed by atoms with Gasteiger partial charge in [0.15, 0.2) is 11.0 Å². The van der Waals surface area contributed by atoms with Crippen LogP contribution in [0.1, 0.15) is 24.0 Å². The average Bonchev–Trinajstić information content (AvgIpc) is 3.33. The van der Waals surface area contributed by atoms with E-state index in [0.29, 0.717) is 0 Å². The van der Waals surface area contributed by atoms with Crippen molar-refractivity contribution in [3.05, 3.63) is 64.7 Å². The molecule has 0 radical (unpaired) electrons. The summed E-state index contributed by atoms with van der Waals surface area (Å²) < 4.78 is 8.05. The molecule has 0 saturated carbocycles. The second-order valence-electron chi connectivity index (χ2n) is 6.83. The zero-order chi connectivity index (χ0) is 18.6. The van der Waals surface area contributed by atoms with Gasteiger partial charge >= 0.3 is 0 Å². The molecule has 0 spiro atoms. The quantitative estimate of drug-likeness (QED) is 0.522. The number of aryl methyl sites for hydroxylation is 1. The van der Waals surface area contributed by atoms with Crippen LogP contribution in [0.15, 0.2) is 53.7 Å². The molecule has 0 aliphatic carbocycles. The highest BCUT2D eigenvalue weighted by atomic mass is 35.5. The van der Waals surface area contributed by atoms with Gasteiger partial charge in [0.2, 0.25) is 0 Å². The molecular formula is C21H22ClN3OS. The number of hydrogen-bond donors (Lipinski definition) is 0. The first-order chi connectivity index (χ1) is 13.2. The molecule has 2 heterocycles. The molecule has 0 amide bonds. The van der Waals surface area contributed by atoms with Gasteiger partial charge in [-0.3, -0.25) is 4.57 Å². The molecule has 0 bridgehead atoms. The van der Waals surface area contributed by atoms with Crippen LogP contribution in [0.25, 0.3) is 11.4 Å². The Bertz CT molecular complexity index is 887. The van der Waals surface area contributed by atoms with Gasteiger partial charge < -0.3 is 4.74 Å². The van der Waals surface area contributed by atoms with E-state index in [1.54, 1.807) is 11.8 Å². The third kappa shape index (κ3) is 4.54. The lowest BCUT2D eigenvalue weighted by Gasteiger charge is -2.15. The fourth-order valence-electron chi connectivity index (χ4n) is 3.20. The van der Waals surface area contributed by atoms with Gasteiger partial charge in [0.05, 0.1) is 12.6 Å². The Labute approximate surface area is 168 Å². The van der Waals surface area contributed by atoms with Crippen molar-refractivity contribution >= 4 is 23.4 Å². The lowest BCUT2D eigenvalue weighted by Crippen LogP contribution is -2.16. The molecule has 140 valence electrons. The van der Waals surface area contributed by atoms with Crippen LogP contribution in [-0.2, 0) is 17.0 Å². The molecule has 1 saturated heterocycles. The van der Waals surface area contributed by atoms with Crippen molar-refractivity contribution in [3.8, 4) is 11.4 Å². The number of halogens is 1. The summed E-state index contributed by atoms with van der Waals surface area (Å²) in [6.07, 6.45) is 2.43. The molecular weight excluding hydrogens is 378 g/mol. The SMILES string of the molecule is Cc1ccc(CSc2nnc(-c3ccc(Cl)cc3)n2C[C@@H]2CCCO2)cc1. The van der Waals surface area contributed by atoms with Gasteiger partial charge in [0.25, 0.3) is 0 Å². The molecule has 27 heavy (non-hydrogen) atoms. The molecule has 1 aromatic heterocycles. The van der Waals surface area contributed by atoms with E-state index in [0.717, 1.165) is 53.3 Å². The van der Waals surface area contributed by atoms with Gasteiger partial charge in [-0.2, -0.15) is 0 Å². The summed E-state index contributed by atoms with van der Waals surface area (Å²) in [6.45, 7) is 3.73. The van der Waals surface area contributed by atoms with Crippen LogP contribution in [0, 0.1) is 6.92 Å². The summed E-state index contributed by atoms with van der Waals surface area (Å²) in [4.78, 5) is 0. The number of aromatic nitrogens is 3. The van der Waals surface area contributed by atoms with Crippen molar-refractivity contribution in [3.63, 3.8) is 0 Å². The van der Waals surface area contributed by atoms with Crippen molar-refractivity contribution in [2.45, 2.75) is 43.3 Å². The number of rotatable bonds is 6. The monoisotopic (exact) mass is 399 g/mol. The molecule has 0 unspecified atom stereocenters. The minimum atomic E-state index is 0.228. The Kier molecular flexibility index (Phi) is 5.81. The van der Waals surface area contributed by atoms with Crippen molar-refractivity contribution in [1.82, 2.24) is 14.8 Å². The normalized spacial score (nSPS) is 16.7. The van der Waals surface area contributed by atoms with Crippen LogP contribution >= 0.6 is 23.4 Å². The number of ether oxygens (including phenoxy) is 1. The van der Waals surface area contributed by atoms with Gasteiger partial charge in [-0.05, 0) is 49.6 Å². The Balaban J connectivity index is 1.59. The predicted molar refractivity (Wildman–Crippen MR) is 110 cm³/mol. The fraction of sp³-hybridized carbons (Fsp3) is 0.333. The van der Waals surface area contributed by atoms with E-state index in [2.05, 4.69) is 46.0 Å². The van der Waals surface area contributed by atoms with Gasteiger partial charge in [0.1, 0.15) is 0 Å². The lowest BCUT2D eigenvalue weighted by molar-refractivity contribution is 0.0953. The van der Waals surface area contributed by atoms with Crippen LogP contribution in [0.5, 0.6) is 0 Å². The smallest absolute Gasteiger partial charge is 0.191 e. The van der Waals surface area contributed by atoms with E-state index in [9.17, 15) is 0 Å². The van der Waals surface area contributed by atoms with E-state index < -0.39 is 0 Å². The van der Waals surface area contributed by atoms with Crippen LogP contribution < -0.4 is 0 Å². The summed E-state index contributed by atoms with van der Waals surface area (Å²) in [7, 11) is 0. The zero-order valence-corrected chi connectivity index (χ0v) is 16.8. The average molecular weight is 400 g/mol. The highest BCUT2D eigenvalue weighted by Gasteiger charge is 2.21. The minimum absolute atomic E-state index is 0.228.